The van der Waals surface area contributed by atoms with Crippen molar-refractivity contribution in [2.24, 2.45) is 5.41 Å². The average molecular weight is 222 g/mol. The fraction of sp³-hybridized carbons (Fsp3) is 0.846. The highest BCUT2D eigenvalue weighted by Gasteiger charge is 2.39. The third kappa shape index (κ3) is 3.23. The lowest BCUT2D eigenvalue weighted by atomic mass is 9.74. The van der Waals surface area contributed by atoms with E-state index in [2.05, 4.69) is 18.3 Å². The molecule has 0 heterocycles. The Morgan fingerprint density at radius 1 is 1.31 bits per heavy atom. The molecule has 1 N–H and O–H groups in total. The molecule has 3 heteroatoms. The normalized spacial score (nSPS) is 18.8. The van der Waals surface area contributed by atoms with Crippen molar-refractivity contribution in [2.75, 3.05) is 6.54 Å². The van der Waals surface area contributed by atoms with Crippen molar-refractivity contribution in [2.45, 2.75) is 58.3 Å². The Bertz CT molecular complexity index is 262. The lowest BCUT2D eigenvalue weighted by molar-refractivity contribution is -0.129. The smallest absolute Gasteiger partial charge is 0.240 e. The van der Waals surface area contributed by atoms with Crippen molar-refractivity contribution in [1.29, 1.82) is 5.26 Å². The van der Waals surface area contributed by atoms with Crippen LogP contribution in [-0.2, 0) is 4.79 Å². The number of hydrogen-bond donors (Lipinski definition) is 1. The van der Waals surface area contributed by atoms with E-state index in [0.29, 0.717) is 0 Å². The average Bonchev–Trinajstić information content (AvgIpc) is 2.35. The van der Waals surface area contributed by atoms with Crippen molar-refractivity contribution in [3.63, 3.8) is 0 Å². The van der Waals surface area contributed by atoms with Crippen molar-refractivity contribution >= 4 is 5.91 Å². The first-order valence-electron chi connectivity index (χ1n) is 6.45. The molecule has 16 heavy (non-hydrogen) atoms. The molecule has 0 atom stereocenters. The van der Waals surface area contributed by atoms with E-state index in [1.165, 1.54) is 0 Å². The topological polar surface area (TPSA) is 52.9 Å². The second kappa shape index (κ2) is 6.52. The summed E-state index contributed by atoms with van der Waals surface area (Å²) in [6, 6.07) is 2.25. The van der Waals surface area contributed by atoms with Crippen molar-refractivity contribution < 1.29 is 4.79 Å². The van der Waals surface area contributed by atoms with Gasteiger partial charge in [-0.05, 0) is 19.3 Å². The minimum absolute atomic E-state index is 0.0363. The predicted octanol–water partition coefficient (Wildman–Crippen LogP) is 2.77. The van der Waals surface area contributed by atoms with Gasteiger partial charge < -0.3 is 5.32 Å². The molecule has 1 fully saturated rings. The van der Waals surface area contributed by atoms with Gasteiger partial charge in [0.05, 0.1) is 6.07 Å². The Morgan fingerprint density at radius 2 is 2.00 bits per heavy atom. The van der Waals surface area contributed by atoms with E-state index in [1.54, 1.807) is 0 Å². The third-order valence-corrected chi connectivity index (χ3v) is 3.42. The molecule has 0 saturated heterocycles. The minimum Gasteiger partial charge on any atom is -0.355 e. The van der Waals surface area contributed by atoms with Crippen LogP contribution in [0, 0.1) is 16.7 Å². The van der Waals surface area contributed by atoms with Crippen LogP contribution in [0.2, 0.25) is 0 Å². The van der Waals surface area contributed by atoms with Crippen LogP contribution in [0.5, 0.6) is 0 Å². The molecule has 0 unspecified atom stereocenters. The number of carbonyl (C=O) groups excluding carboxylic acids is 1. The van der Waals surface area contributed by atoms with Gasteiger partial charge in [-0.2, -0.15) is 5.26 Å². The van der Waals surface area contributed by atoms with E-state index >= 15 is 0 Å². The SMILES string of the molecule is CCCCCNC(=O)C1(C#N)CCCCC1. The Hall–Kier alpha value is -1.04. The van der Waals surface area contributed by atoms with Crippen LogP contribution < -0.4 is 5.32 Å². The molecule has 0 aromatic carbocycles. The molecular weight excluding hydrogens is 200 g/mol. The number of rotatable bonds is 5. The first-order chi connectivity index (χ1) is 7.75. The molecule has 1 rings (SSSR count). The Morgan fingerprint density at radius 3 is 2.56 bits per heavy atom. The molecular formula is C13H22N2O. The summed E-state index contributed by atoms with van der Waals surface area (Å²) in [5, 5.41) is 12.1. The molecule has 0 bridgehead atoms. The second-order valence-electron chi connectivity index (χ2n) is 4.72. The lowest BCUT2D eigenvalue weighted by Crippen LogP contribution is -2.41. The summed E-state index contributed by atoms with van der Waals surface area (Å²) in [6.07, 6.45) is 7.97. The minimum atomic E-state index is -0.718. The summed E-state index contributed by atoms with van der Waals surface area (Å²) in [5.41, 5.74) is -0.718. The number of nitrogens with one attached hydrogen (secondary N) is 1. The maximum absolute atomic E-state index is 12.0. The fourth-order valence-corrected chi connectivity index (χ4v) is 2.29. The number of unbranched alkanes of at least 4 members (excludes halogenated alkanes) is 2. The van der Waals surface area contributed by atoms with Crippen LogP contribution in [0.15, 0.2) is 0 Å². The maximum Gasteiger partial charge on any atom is 0.240 e. The van der Waals surface area contributed by atoms with Gasteiger partial charge in [-0.1, -0.05) is 39.0 Å². The van der Waals surface area contributed by atoms with Crippen molar-refractivity contribution in [3.8, 4) is 6.07 Å². The summed E-state index contributed by atoms with van der Waals surface area (Å²) in [5.74, 6) is -0.0363. The highest BCUT2D eigenvalue weighted by atomic mass is 16.2. The van der Waals surface area contributed by atoms with Crippen LogP contribution in [0.4, 0.5) is 0 Å². The van der Waals surface area contributed by atoms with E-state index in [9.17, 15) is 10.1 Å². The first kappa shape index (κ1) is 13.0. The second-order valence-corrected chi connectivity index (χ2v) is 4.72. The van der Waals surface area contributed by atoms with Crippen molar-refractivity contribution in [1.82, 2.24) is 5.32 Å². The molecule has 1 saturated carbocycles. The molecule has 0 aromatic rings. The van der Waals surface area contributed by atoms with Crippen LogP contribution in [0.3, 0.4) is 0 Å². The molecule has 0 radical (unpaired) electrons. The quantitative estimate of drug-likeness (QED) is 0.727. The monoisotopic (exact) mass is 222 g/mol. The van der Waals surface area contributed by atoms with Gasteiger partial charge >= 0.3 is 0 Å². The van der Waals surface area contributed by atoms with Crippen LogP contribution >= 0.6 is 0 Å². The summed E-state index contributed by atoms with van der Waals surface area (Å²) in [4.78, 5) is 12.0. The summed E-state index contributed by atoms with van der Waals surface area (Å²) < 4.78 is 0. The molecule has 0 aromatic heterocycles. The molecule has 0 spiro atoms. The van der Waals surface area contributed by atoms with Gasteiger partial charge in [-0.25, -0.2) is 0 Å². The molecule has 0 aliphatic heterocycles. The fourth-order valence-electron chi connectivity index (χ4n) is 2.29. The standard InChI is InChI=1S/C13H22N2O/c1-2-3-7-10-15-12(16)13(11-14)8-5-4-6-9-13/h2-10H2,1H3,(H,15,16). The molecule has 1 aliphatic rings. The highest BCUT2D eigenvalue weighted by molar-refractivity contribution is 5.85. The molecule has 1 aliphatic carbocycles. The lowest BCUT2D eigenvalue weighted by Gasteiger charge is -2.29. The van der Waals surface area contributed by atoms with Crippen LogP contribution in [0.25, 0.3) is 0 Å². The van der Waals surface area contributed by atoms with Crippen LogP contribution in [-0.4, -0.2) is 12.5 Å². The number of carbonyl (C=O) groups is 1. The zero-order chi connectivity index (χ0) is 11.9. The zero-order valence-corrected chi connectivity index (χ0v) is 10.2. The molecule has 3 nitrogen and oxygen atoms in total. The van der Waals surface area contributed by atoms with E-state index in [0.717, 1.165) is 57.9 Å². The van der Waals surface area contributed by atoms with E-state index in [-0.39, 0.29) is 5.91 Å². The number of nitriles is 1. The molecule has 1 amide bonds. The van der Waals surface area contributed by atoms with Gasteiger partial charge in [0.2, 0.25) is 5.91 Å². The summed E-state index contributed by atoms with van der Waals surface area (Å²) >= 11 is 0. The van der Waals surface area contributed by atoms with Gasteiger partial charge in [0.25, 0.3) is 0 Å². The third-order valence-electron chi connectivity index (χ3n) is 3.42. The zero-order valence-electron chi connectivity index (χ0n) is 10.2. The van der Waals surface area contributed by atoms with Gasteiger partial charge in [0, 0.05) is 6.54 Å². The number of hydrogen-bond acceptors (Lipinski definition) is 2. The first-order valence-corrected chi connectivity index (χ1v) is 6.45. The Balaban J connectivity index is 2.40. The molecule has 90 valence electrons. The number of nitrogens with zero attached hydrogens (tertiary/aromatic N) is 1. The highest BCUT2D eigenvalue weighted by Crippen LogP contribution is 2.35. The maximum atomic E-state index is 12.0. The Kier molecular flexibility index (Phi) is 5.31. The van der Waals surface area contributed by atoms with Crippen molar-refractivity contribution in [3.05, 3.63) is 0 Å². The number of amides is 1. The van der Waals surface area contributed by atoms with E-state index < -0.39 is 5.41 Å². The van der Waals surface area contributed by atoms with E-state index in [4.69, 9.17) is 0 Å². The van der Waals surface area contributed by atoms with Gasteiger partial charge in [-0.3, -0.25) is 4.79 Å². The van der Waals surface area contributed by atoms with Gasteiger partial charge in [0.15, 0.2) is 0 Å². The van der Waals surface area contributed by atoms with Gasteiger partial charge in [0.1, 0.15) is 5.41 Å². The Labute approximate surface area is 98.2 Å². The van der Waals surface area contributed by atoms with Crippen LogP contribution in [0.1, 0.15) is 58.3 Å². The largest absolute Gasteiger partial charge is 0.355 e. The predicted molar refractivity (Wildman–Crippen MR) is 63.7 cm³/mol. The summed E-state index contributed by atoms with van der Waals surface area (Å²) in [6.45, 7) is 2.86. The van der Waals surface area contributed by atoms with Gasteiger partial charge in [-0.15, -0.1) is 0 Å². The van der Waals surface area contributed by atoms with E-state index in [1.807, 2.05) is 0 Å². The summed E-state index contributed by atoms with van der Waals surface area (Å²) in [7, 11) is 0.